The Hall–Kier alpha value is -0.120. The Kier molecular flexibility index (Phi) is 1.44. The second-order valence-corrected chi connectivity index (χ2v) is 3.51. The van der Waals surface area contributed by atoms with Gasteiger partial charge in [-0.05, 0) is 26.4 Å². The van der Waals surface area contributed by atoms with Crippen LogP contribution in [0.25, 0.3) is 0 Å². The lowest BCUT2D eigenvalue weighted by atomic mass is 10.0. The SMILES string of the molecule is CN1CCC2CC1CN2N. The van der Waals surface area contributed by atoms with Gasteiger partial charge in [0.15, 0.2) is 0 Å². The summed E-state index contributed by atoms with van der Waals surface area (Å²) < 4.78 is 0. The summed E-state index contributed by atoms with van der Waals surface area (Å²) in [6.07, 6.45) is 2.54. The van der Waals surface area contributed by atoms with E-state index >= 15 is 0 Å². The normalized spacial score (nSPS) is 42.6. The number of hydrogen-bond acceptors (Lipinski definition) is 3. The molecule has 2 bridgehead atoms. The molecule has 0 amide bonds. The van der Waals surface area contributed by atoms with Crippen molar-refractivity contribution in [3.63, 3.8) is 0 Å². The molecule has 2 N–H and O–H groups in total. The van der Waals surface area contributed by atoms with Gasteiger partial charge in [-0.15, -0.1) is 0 Å². The van der Waals surface area contributed by atoms with Crippen LogP contribution in [0.1, 0.15) is 12.8 Å². The molecule has 0 radical (unpaired) electrons. The standard InChI is InChI=1S/C7H15N3/c1-9-3-2-6-4-7(9)5-10(6)8/h6-7H,2-5,8H2,1H3. The van der Waals surface area contributed by atoms with Gasteiger partial charge in [0, 0.05) is 18.6 Å². The largest absolute Gasteiger partial charge is 0.302 e. The highest BCUT2D eigenvalue weighted by Crippen LogP contribution is 2.25. The average molecular weight is 141 g/mol. The van der Waals surface area contributed by atoms with E-state index < -0.39 is 0 Å². The molecule has 0 aromatic carbocycles. The molecule has 0 spiro atoms. The summed E-state index contributed by atoms with van der Waals surface area (Å²) in [4.78, 5) is 2.42. The molecule has 2 unspecified atom stereocenters. The highest BCUT2D eigenvalue weighted by atomic mass is 15.5. The van der Waals surface area contributed by atoms with Crippen LogP contribution in [0, 0.1) is 0 Å². The van der Waals surface area contributed by atoms with Crippen molar-refractivity contribution in [3.8, 4) is 0 Å². The molecule has 3 heteroatoms. The Balaban J connectivity index is 2.08. The summed E-state index contributed by atoms with van der Waals surface area (Å²) in [5.41, 5.74) is 0. The van der Waals surface area contributed by atoms with Gasteiger partial charge in [0.05, 0.1) is 0 Å². The topological polar surface area (TPSA) is 32.5 Å². The fourth-order valence-electron chi connectivity index (χ4n) is 2.05. The molecule has 2 rings (SSSR count). The van der Waals surface area contributed by atoms with E-state index in [9.17, 15) is 0 Å². The molecule has 2 heterocycles. The van der Waals surface area contributed by atoms with Crippen LogP contribution in [-0.4, -0.2) is 42.1 Å². The van der Waals surface area contributed by atoms with Crippen LogP contribution in [0.2, 0.25) is 0 Å². The maximum Gasteiger partial charge on any atom is 0.0288 e. The number of nitrogens with zero attached hydrogens (tertiary/aromatic N) is 2. The van der Waals surface area contributed by atoms with Crippen molar-refractivity contribution in [2.24, 2.45) is 5.84 Å². The van der Waals surface area contributed by atoms with Crippen LogP contribution in [-0.2, 0) is 0 Å². The van der Waals surface area contributed by atoms with Crippen LogP contribution in [0.15, 0.2) is 0 Å². The molecule has 58 valence electrons. The van der Waals surface area contributed by atoms with Crippen LogP contribution in [0.4, 0.5) is 0 Å². The number of likely N-dealkylation sites (tertiary alicyclic amines) is 1. The minimum atomic E-state index is 0.682. The minimum Gasteiger partial charge on any atom is -0.302 e. The van der Waals surface area contributed by atoms with E-state index in [1.807, 2.05) is 5.01 Å². The van der Waals surface area contributed by atoms with Crippen molar-refractivity contribution >= 4 is 0 Å². The van der Waals surface area contributed by atoms with Gasteiger partial charge < -0.3 is 4.90 Å². The molecule has 2 fully saturated rings. The third-order valence-electron chi connectivity index (χ3n) is 2.87. The molecule has 2 saturated heterocycles. The molecule has 0 aliphatic carbocycles. The molecule has 2 aliphatic rings. The predicted octanol–water partition coefficient (Wildman–Crippen LogP) is -0.361. The molecule has 0 saturated carbocycles. The number of likely N-dealkylation sites (N-methyl/N-ethyl adjacent to an activating group) is 1. The van der Waals surface area contributed by atoms with E-state index in [2.05, 4.69) is 11.9 Å². The third kappa shape index (κ3) is 0.856. The summed E-state index contributed by atoms with van der Waals surface area (Å²) >= 11 is 0. The molecule has 0 aromatic rings. The Morgan fingerprint density at radius 1 is 1.40 bits per heavy atom. The number of hydrogen-bond donors (Lipinski definition) is 1. The van der Waals surface area contributed by atoms with E-state index in [-0.39, 0.29) is 0 Å². The van der Waals surface area contributed by atoms with Gasteiger partial charge >= 0.3 is 0 Å². The third-order valence-corrected chi connectivity index (χ3v) is 2.87. The van der Waals surface area contributed by atoms with Gasteiger partial charge in [-0.2, -0.15) is 0 Å². The lowest BCUT2D eigenvalue weighted by molar-refractivity contribution is 0.208. The number of nitrogens with two attached hydrogens (primary N) is 1. The smallest absolute Gasteiger partial charge is 0.0288 e. The average Bonchev–Trinajstić information content (AvgIpc) is 2.21. The molecule has 3 nitrogen and oxygen atoms in total. The first-order chi connectivity index (χ1) is 4.77. The van der Waals surface area contributed by atoms with Crippen molar-refractivity contribution < 1.29 is 0 Å². The predicted molar refractivity (Wildman–Crippen MR) is 40.3 cm³/mol. The fraction of sp³-hybridized carbons (Fsp3) is 1.00. The van der Waals surface area contributed by atoms with Gasteiger partial charge in [0.2, 0.25) is 0 Å². The lowest BCUT2D eigenvalue weighted by Crippen LogP contribution is -2.37. The van der Waals surface area contributed by atoms with Crippen molar-refractivity contribution in [3.05, 3.63) is 0 Å². The summed E-state index contributed by atoms with van der Waals surface area (Å²) in [6.45, 7) is 2.30. The summed E-state index contributed by atoms with van der Waals surface area (Å²) in [5, 5.41) is 2.01. The van der Waals surface area contributed by atoms with E-state index in [0.717, 1.165) is 12.6 Å². The first kappa shape index (κ1) is 6.58. The summed E-state index contributed by atoms with van der Waals surface area (Å²) in [7, 11) is 2.19. The fourth-order valence-corrected chi connectivity index (χ4v) is 2.05. The van der Waals surface area contributed by atoms with Gasteiger partial charge in [0.25, 0.3) is 0 Å². The van der Waals surface area contributed by atoms with E-state index in [1.165, 1.54) is 19.4 Å². The molecule has 0 aromatic heterocycles. The maximum atomic E-state index is 5.79. The summed E-state index contributed by atoms with van der Waals surface area (Å²) in [6, 6.07) is 1.42. The van der Waals surface area contributed by atoms with Crippen molar-refractivity contribution in [2.75, 3.05) is 20.1 Å². The van der Waals surface area contributed by atoms with Gasteiger partial charge in [-0.1, -0.05) is 0 Å². The Morgan fingerprint density at radius 3 is 2.90 bits per heavy atom. The van der Waals surface area contributed by atoms with E-state index in [0.29, 0.717) is 6.04 Å². The Labute approximate surface area is 61.7 Å². The second kappa shape index (κ2) is 2.19. The molecule has 2 aliphatic heterocycles. The zero-order valence-electron chi connectivity index (χ0n) is 6.45. The zero-order chi connectivity index (χ0) is 7.14. The minimum absolute atomic E-state index is 0.682. The number of rotatable bonds is 0. The molecule has 10 heavy (non-hydrogen) atoms. The first-order valence-electron chi connectivity index (χ1n) is 3.99. The van der Waals surface area contributed by atoms with E-state index in [1.54, 1.807) is 0 Å². The first-order valence-corrected chi connectivity index (χ1v) is 3.99. The van der Waals surface area contributed by atoms with E-state index in [4.69, 9.17) is 5.84 Å². The van der Waals surface area contributed by atoms with Gasteiger partial charge in [-0.3, -0.25) is 5.84 Å². The van der Waals surface area contributed by atoms with Crippen molar-refractivity contribution in [2.45, 2.75) is 24.9 Å². The van der Waals surface area contributed by atoms with Crippen LogP contribution in [0.5, 0.6) is 0 Å². The van der Waals surface area contributed by atoms with Crippen LogP contribution < -0.4 is 5.84 Å². The molecular weight excluding hydrogens is 126 g/mol. The monoisotopic (exact) mass is 141 g/mol. The maximum absolute atomic E-state index is 5.79. The quantitative estimate of drug-likeness (QED) is 0.467. The van der Waals surface area contributed by atoms with Crippen molar-refractivity contribution in [1.82, 2.24) is 9.91 Å². The van der Waals surface area contributed by atoms with Crippen LogP contribution in [0.3, 0.4) is 0 Å². The Morgan fingerprint density at radius 2 is 2.20 bits per heavy atom. The van der Waals surface area contributed by atoms with Gasteiger partial charge in [-0.25, -0.2) is 5.01 Å². The Bertz CT molecular complexity index is 135. The highest BCUT2D eigenvalue weighted by molar-refractivity contribution is 4.92. The summed E-state index contributed by atoms with van der Waals surface area (Å²) in [5.74, 6) is 5.79. The molecule has 2 atom stereocenters. The second-order valence-electron chi connectivity index (χ2n) is 3.51. The van der Waals surface area contributed by atoms with Crippen molar-refractivity contribution in [1.29, 1.82) is 0 Å². The number of hydrazine groups is 1. The van der Waals surface area contributed by atoms with Crippen LogP contribution >= 0.6 is 0 Å². The number of fused-ring (bicyclic) bond motifs is 2. The highest BCUT2D eigenvalue weighted by Gasteiger charge is 2.36. The zero-order valence-corrected chi connectivity index (χ0v) is 6.45. The van der Waals surface area contributed by atoms with Gasteiger partial charge in [0.1, 0.15) is 0 Å². The number of piperidine rings is 1. The lowest BCUT2D eigenvalue weighted by Gasteiger charge is -2.28. The molecular formula is C7H15N3.